The Balaban J connectivity index is 4.26. The minimum absolute atomic E-state index is 0.0509. The molecule has 0 radical (unpaired) electrons. The Labute approximate surface area is 101 Å². The molecule has 0 rings (SSSR count). The van der Waals surface area contributed by atoms with Gasteiger partial charge in [0.2, 0.25) is 5.91 Å². The molecule has 0 atom stereocenters. The summed E-state index contributed by atoms with van der Waals surface area (Å²) >= 11 is 0. The van der Waals surface area contributed by atoms with Gasteiger partial charge in [0.25, 0.3) is 0 Å². The number of hydrogen-bond donors (Lipinski definition) is 2. The smallest absolute Gasteiger partial charge is 0.318 e. The van der Waals surface area contributed by atoms with E-state index in [0.717, 1.165) is 4.90 Å². The molecule has 7 heteroatoms. The molecule has 98 valence electrons. The minimum atomic E-state index is -0.860. The molecule has 0 bridgehead atoms. The number of imide groups is 1. The van der Waals surface area contributed by atoms with Crippen LogP contribution in [0.3, 0.4) is 0 Å². The average molecular weight is 244 g/mol. The van der Waals surface area contributed by atoms with Crippen LogP contribution in [0.15, 0.2) is 0 Å². The van der Waals surface area contributed by atoms with E-state index in [1.165, 1.54) is 6.92 Å². The summed E-state index contributed by atoms with van der Waals surface area (Å²) in [5.41, 5.74) is 5.26. The highest BCUT2D eigenvalue weighted by molar-refractivity contribution is 6.37. The van der Waals surface area contributed by atoms with Gasteiger partial charge in [-0.2, -0.15) is 0 Å². The van der Waals surface area contributed by atoms with Crippen molar-refractivity contribution in [3.05, 3.63) is 0 Å². The predicted molar refractivity (Wildman–Crippen MR) is 63.0 cm³/mol. The molecule has 0 saturated heterocycles. The second-order valence-electron chi connectivity index (χ2n) is 3.82. The summed E-state index contributed by atoms with van der Waals surface area (Å²) < 4.78 is 0. The Morgan fingerprint density at radius 3 is 2.18 bits per heavy atom. The number of nitrogens with zero attached hydrogens (tertiary/aromatic N) is 2. The van der Waals surface area contributed by atoms with Crippen molar-refractivity contribution in [2.45, 2.75) is 6.92 Å². The molecule has 0 aromatic carbocycles. The number of amides is 3. The van der Waals surface area contributed by atoms with Crippen molar-refractivity contribution in [2.75, 3.05) is 40.3 Å². The van der Waals surface area contributed by atoms with Crippen molar-refractivity contribution in [3.63, 3.8) is 0 Å². The van der Waals surface area contributed by atoms with E-state index in [4.69, 9.17) is 5.73 Å². The Hall–Kier alpha value is -1.47. The molecule has 3 N–H and O–H groups in total. The van der Waals surface area contributed by atoms with Gasteiger partial charge in [0.05, 0.1) is 0 Å². The molecule has 0 fully saturated rings. The van der Waals surface area contributed by atoms with Crippen LogP contribution in [0.2, 0.25) is 0 Å². The van der Waals surface area contributed by atoms with Gasteiger partial charge in [-0.05, 0) is 14.1 Å². The molecule has 0 aromatic heterocycles. The standard InChI is InChI=1S/C10H20N4O3/c1-8(15)14(6-4-11)10(17)9(16)12-5-7-13(2)3/h4-7,11H2,1-3H3,(H,12,16). The zero-order valence-electron chi connectivity index (χ0n) is 10.5. The van der Waals surface area contributed by atoms with Gasteiger partial charge in [0, 0.05) is 33.1 Å². The van der Waals surface area contributed by atoms with E-state index in [9.17, 15) is 14.4 Å². The Morgan fingerprint density at radius 1 is 1.18 bits per heavy atom. The highest BCUT2D eigenvalue weighted by Crippen LogP contribution is 1.90. The lowest BCUT2D eigenvalue weighted by Crippen LogP contribution is -2.48. The van der Waals surface area contributed by atoms with Gasteiger partial charge in [-0.1, -0.05) is 0 Å². The number of nitrogens with two attached hydrogens (primary N) is 1. The first kappa shape index (κ1) is 15.5. The fraction of sp³-hybridized carbons (Fsp3) is 0.700. The molecule has 0 aliphatic heterocycles. The average Bonchev–Trinajstić information content (AvgIpc) is 2.23. The zero-order chi connectivity index (χ0) is 13.4. The summed E-state index contributed by atoms with van der Waals surface area (Å²) in [7, 11) is 3.70. The van der Waals surface area contributed by atoms with E-state index in [1.54, 1.807) is 0 Å². The van der Waals surface area contributed by atoms with E-state index in [2.05, 4.69) is 5.32 Å². The Morgan fingerprint density at radius 2 is 1.76 bits per heavy atom. The summed E-state index contributed by atoms with van der Waals surface area (Å²) in [4.78, 5) is 36.8. The van der Waals surface area contributed by atoms with Crippen molar-refractivity contribution in [1.29, 1.82) is 0 Å². The van der Waals surface area contributed by atoms with Crippen LogP contribution in [0, 0.1) is 0 Å². The van der Waals surface area contributed by atoms with Crippen molar-refractivity contribution in [3.8, 4) is 0 Å². The van der Waals surface area contributed by atoms with Gasteiger partial charge < -0.3 is 16.0 Å². The highest BCUT2D eigenvalue weighted by atomic mass is 16.2. The lowest BCUT2D eigenvalue weighted by Gasteiger charge is -2.17. The quantitative estimate of drug-likeness (QED) is 0.545. The number of hydrogen-bond acceptors (Lipinski definition) is 5. The molecule has 0 saturated carbocycles. The molecule has 0 heterocycles. The molecular weight excluding hydrogens is 224 g/mol. The molecule has 0 unspecified atom stereocenters. The highest BCUT2D eigenvalue weighted by Gasteiger charge is 2.23. The van der Waals surface area contributed by atoms with Crippen molar-refractivity contribution < 1.29 is 14.4 Å². The number of rotatable bonds is 5. The minimum Gasteiger partial charge on any atom is -0.347 e. The lowest BCUT2D eigenvalue weighted by molar-refractivity contribution is -0.151. The summed E-state index contributed by atoms with van der Waals surface area (Å²) in [6.07, 6.45) is 0. The maximum absolute atomic E-state index is 11.6. The summed E-state index contributed by atoms with van der Waals surface area (Å²) in [5, 5.41) is 2.44. The van der Waals surface area contributed by atoms with Crippen LogP contribution >= 0.6 is 0 Å². The third kappa shape index (κ3) is 5.98. The van der Waals surface area contributed by atoms with Crippen LogP contribution in [-0.4, -0.2) is 67.8 Å². The van der Waals surface area contributed by atoms with E-state index in [-0.39, 0.29) is 13.1 Å². The SMILES string of the molecule is CC(=O)N(CCN)C(=O)C(=O)NCCN(C)C. The Kier molecular flexibility index (Phi) is 7.08. The first-order chi connectivity index (χ1) is 7.90. The van der Waals surface area contributed by atoms with Crippen LogP contribution in [0.5, 0.6) is 0 Å². The lowest BCUT2D eigenvalue weighted by atomic mass is 10.4. The van der Waals surface area contributed by atoms with Gasteiger partial charge in [-0.3, -0.25) is 19.3 Å². The van der Waals surface area contributed by atoms with Crippen LogP contribution in [-0.2, 0) is 14.4 Å². The van der Waals surface area contributed by atoms with E-state index >= 15 is 0 Å². The number of nitrogens with one attached hydrogen (secondary N) is 1. The predicted octanol–water partition coefficient (Wildman–Crippen LogP) is -2.00. The summed E-state index contributed by atoms with van der Waals surface area (Å²) in [6, 6.07) is 0. The molecule has 0 aliphatic rings. The topological polar surface area (TPSA) is 95.7 Å². The molecule has 3 amide bonds. The van der Waals surface area contributed by atoms with Crippen LogP contribution in [0.1, 0.15) is 6.92 Å². The molecule has 0 aliphatic carbocycles. The molecular formula is C10H20N4O3. The summed E-state index contributed by atoms with van der Waals surface area (Å²) in [6.45, 7) is 2.38. The first-order valence-electron chi connectivity index (χ1n) is 5.35. The van der Waals surface area contributed by atoms with Gasteiger partial charge in [0.1, 0.15) is 0 Å². The van der Waals surface area contributed by atoms with Crippen molar-refractivity contribution in [2.24, 2.45) is 5.73 Å². The monoisotopic (exact) mass is 244 g/mol. The van der Waals surface area contributed by atoms with Gasteiger partial charge in [0.15, 0.2) is 0 Å². The Bertz CT molecular complexity index is 291. The van der Waals surface area contributed by atoms with Crippen LogP contribution in [0.4, 0.5) is 0 Å². The van der Waals surface area contributed by atoms with E-state index in [1.807, 2.05) is 19.0 Å². The third-order valence-electron chi connectivity index (χ3n) is 2.02. The van der Waals surface area contributed by atoms with Gasteiger partial charge in [-0.15, -0.1) is 0 Å². The molecule has 0 spiro atoms. The third-order valence-corrected chi connectivity index (χ3v) is 2.02. The second kappa shape index (κ2) is 7.75. The maximum Gasteiger partial charge on any atom is 0.318 e. The molecule has 17 heavy (non-hydrogen) atoms. The number of carbonyl (C=O) groups excluding carboxylic acids is 3. The van der Waals surface area contributed by atoms with E-state index < -0.39 is 17.7 Å². The van der Waals surface area contributed by atoms with Crippen molar-refractivity contribution >= 4 is 17.7 Å². The van der Waals surface area contributed by atoms with E-state index in [0.29, 0.717) is 13.1 Å². The van der Waals surface area contributed by atoms with Crippen LogP contribution in [0.25, 0.3) is 0 Å². The number of carbonyl (C=O) groups is 3. The number of likely N-dealkylation sites (N-methyl/N-ethyl adjacent to an activating group) is 1. The molecule has 7 nitrogen and oxygen atoms in total. The van der Waals surface area contributed by atoms with Crippen LogP contribution < -0.4 is 11.1 Å². The second-order valence-corrected chi connectivity index (χ2v) is 3.82. The molecule has 0 aromatic rings. The first-order valence-corrected chi connectivity index (χ1v) is 5.35. The fourth-order valence-corrected chi connectivity index (χ4v) is 1.12. The fourth-order valence-electron chi connectivity index (χ4n) is 1.12. The van der Waals surface area contributed by atoms with Crippen molar-refractivity contribution in [1.82, 2.24) is 15.1 Å². The normalized spacial score (nSPS) is 10.2. The van der Waals surface area contributed by atoms with Gasteiger partial charge >= 0.3 is 11.8 Å². The van der Waals surface area contributed by atoms with Gasteiger partial charge in [-0.25, -0.2) is 0 Å². The summed E-state index contributed by atoms with van der Waals surface area (Å²) in [5.74, 6) is -2.12. The zero-order valence-corrected chi connectivity index (χ0v) is 10.5. The maximum atomic E-state index is 11.6. The largest absolute Gasteiger partial charge is 0.347 e.